The summed E-state index contributed by atoms with van der Waals surface area (Å²) in [5, 5.41) is 0. The maximum atomic E-state index is 6.31. The summed E-state index contributed by atoms with van der Waals surface area (Å²) in [6, 6.07) is 0. The van der Waals surface area contributed by atoms with E-state index in [9.17, 15) is 0 Å². The Morgan fingerprint density at radius 3 is 2.52 bits per heavy atom. The fraction of sp³-hybridized carbons (Fsp3) is 1.00. The lowest BCUT2D eigenvalue weighted by Gasteiger charge is -2.52. The van der Waals surface area contributed by atoms with Gasteiger partial charge in [-0.05, 0) is 45.9 Å². The number of piperidine rings is 1. The number of likely N-dealkylation sites (N-methyl/N-ethyl adjacent to an activating group) is 1. The number of nitrogens with two attached hydrogens (primary N) is 1. The van der Waals surface area contributed by atoms with Gasteiger partial charge < -0.3 is 15.5 Å². The van der Waals surface area contributed by atoms with Crippen LogP contribution in [0.15, 0.2) is 0 Å². The maximum Gasteiger partial charge on any atom is 0.0385 e. The second-order valence-corrected chi connectivity index (χ2v) is 7.48. The van der Waals surface area contributed by atoms with Gasteiger partial charge >= 0.3 is 0 Å². The molecule has 0 saturated carbocycles. The molecular weight excluding hydrogens is 262 g/mol. The van der Waals surface area contributed by atoms with Gasteiger partial charge in [0.2, 0.25) is 0 Å². The zero-order valence-corrected chi connectivity index (χ0v) is 13.9. The first-order valence-electron chi connectivity index (χ1n) is 8.68. The molecule has 2 bridgehead atoms. The highest BCUT2D eigenvalue weighted by molar-refractivity contribution is 5.06. The zero-order valence-electron chi connectivity index (χ0n) is 13.9. The highest BCUT2D eigenvalue weighted by Gasteiger charge is 2.49. The second kappa shape index (κ2) is 6.50. The van der Waals surface area contributed by atoms with E-state index in [-0.39, 0.29) is 0 Å². The largest absolute Gasteiger partial charge is 0.329 e. The lowest BCUT2D eigenvalue weighted by Crippen LogP contribution is -2.66. The third kappa shape index (κ3) is 3.13. The lowest BCUT2D eigenvalue weighted by molar-refractivity contribution is -0.0229. The quantitative estimate of drug-likeness (QED) is 0.746. The van der Waals surface area contributed by atoms with Crippen LogP contribution in [0.4, 0.5) is 0 Å². The van der Waals surface area contributed by atoms with E-state index < -0.39 is 0 Å². The smallest absolute Gasteiger partial charge is 0.0385 e. The molecule has 0 aromatic heterocycles. The Morgan fingerprint density at radius 2 is 1.86 bits per heavy atom. The zero-order chi connectivity index (χ0) is 14.9. The number of fused-ring (bicyclic) bond motifs is 2. The van der Waals surface area contributed by atoms with Gasteiger partial charge in [0.15, 0.2) is 0 Å². The van der Waals surface area contributed by atoms with Crippen molar-refractivity contribution < 1.29 is 0 Å². The monoisotopic (exact) mass is 295 g/mol. The highest BCUT2D eigenvalue weighted by atomic mass is 15.3. The average Bonchev–Trinajstić information content (AvgIpc) is 2.90. The van der Waals surface area contributed by atoms with Crippen LogP contribution < -0.4 is 5.73 Å². The molecule has 0 spiro atoms. The molecule has 3 saturated heterocycles. The molecule has 3 rings (SSSR count). The first kappa shape index (κ1) is 15.7. The van der Waals surface area contributed by atoms with E-state index >= 15 is 0 Å². The van der Waals surface area contributed by atoms with Crippen LogP contribution in [0.3, 0.4) is 0 Å². The van der Waals surface area contributed by atoms with E-state index in [4.69, 9.17) is 5.73 Å². The van der Waals surface area contributed by atoms with E-state index in [2.05, 4.69) is 33.7 Å². The maximum absolute atomic E-state index is 6.31. The summed E-state index contributed by atoms with van der Waals surface area (Å²) >= 11 is 0. The van der Waals surface area contributed by atoms with Crippen LogP contribution in [0.5, 0.6) is 0 Å². The summed E-state index contributed by atoms with van der Waals surface area (Å²) in [7, 11) is 4.32. The summed E-state index contributed by atoms with van der Waals surface area (Å²) in [6.45, 7) is 11.9. The lowest BCUT2D eigenvalue weighted by atomic mass is 9.77. The van der Waals surface area contributed by atoms with Crippen molar-refractivity contribution in [3.63, 3.8) is 0 Å². The minimum Gasteiger partial charge on any atom is -0.329 e. The van der Waals surface area contributed by atoms with Gasteiger partial charge in [0.25, 0.3) is 0 Å². The summed E-state index contributed by atoms with van der Waals surface area (Å²) in [4.78, 5) is 10.3. The van der Waals surface area contributed by atoms with Crippen LogP contribution in [0.1, 0.15) is 12.8 Å². The van der Waals surface area contributed by atoms with Crippen LogP contribution in [-0.2, 0) is 0 Å². The molecule has 0 aromatic carbocycles. The predicted molar refractivity (Wildman–Crippen MR) is 87.5 cm³/mol. The van der Waals surface area contributed by atoms with Crippen molar-refractivity contribution in [3.05, 3.63) is 0 Å². The normalized spacial score (nSPS) is 38.3. The summed E-state index contributed by atoms with van der Waals surface area (Å²) < 4.78 is 0. The Balaban J connectivity index is 1.57. The van der Waals surface area contributed by atoms with Gasteiger partial charge in [0.05, 0.1) is 0 Å². The molecule has 3 aliphatic heterocycles. The first-order valence-corrected chi connectivity index (χ1v) is 8.68. The number of hydrogen-bond donors (Lipinski definition) is 1. The molecule has 5 nitrogen and oxygen atoms in total. The third-order valence-electron chi connectivity index (χ3n) is 6.11. The van der Waals surface area contributed by atoms with E-state index in [0.29, 0.717) is 5.54 Å². The molecule has 3 aliphatic rings. The summed E-state index contributed by atoms with van der Waals surface area (Å²) in [6.07, 6.45) is 2.64. The van der Waals surface area contributed by atoms with Gasteiger partial charge in [0.1, 0.15) is 0 Å². The van der Waals surface area contributed by atoms with Gasteiger partial charge in [-0.2, -0.15) is 0 Å². The van der Waals surface area contributed by atoms with Crippen molar-refractivity contribution in [3.8, 4) is 0 Å². The molecule has 0 radical (unpaired) electrons. The van der Waals surface area contributed by atoms with Gasteiger partial charge in [0, 0.05) is 57.9 Å². The van der Waals surface area contributed by atoms with Crippen LogP contribution in [-0.4, -0.2) is 105 Å². The molecule has 3 fully saturated rings. The SMILES string of the molecule is CN(C)CCN1CCN(C2(CN)CCN3CCC2C3)CC1. The van der Waals surface area contributed by atoms with E-state index in [1.54, 1.807) is 0 Å². The van der Waals surface area contributed by atoms with Crippen molar-refractivity contribution in [1.29, 1.82) is 0 Å². The first-order chi connectivity index (χ1) is 10.1. The van der Waals surface area contributed by atoms with Gasteiger partial charge in [-0.25, -0.2) is 0 Å². The Hall–Kier alpha value is -0.200. The Bertz CT molecular complexity index is 340. The van der Waals surface area contributed by atoms with E-state index in [1.165, 1.54) is 71.7 Å². The van der Waals surface area contributed by atoms with E-state index in [0.717, 1.165) is 12.5 Å². The van der Waals surface area contributed by atoms with Crippen molar-refractivity contribution in [2.24, 2.45) is 11.7 Å². The van der Waals surface area contributed by atoms with Gasteiger partial charge in [-0.15, -0.1) is 0 Å². The minimum absolute atomic E-state index is 0.306. The van der Waals surface area contributed by atoms with Crippen molar-refractivity contribution >= 4 is 0 Å². The molecule has 21 heavy (non-hydrogen) atoms. The Morgan fingerprint density at radius 1 is 1.10 bits per heavy atom. The van der Waals surface area contributed by atoms with E-state index in [1.807, 2.05) is 0 Å². The number of rotatable bonds is 5. The predicted octanol–water partition coefficient (Wildman–Crippen LogP) is -0.411. The van der Waals surface area contributed by atoms with Crippen LogP contribution in [0.25, 0.3) is 0 Å². The standard InChI is InChI=1S/C16H33N5/c1-18(2)7-8-19-9-11-21(12-10-19)16(14-17)4-6-20-5-3-15(16)13-20/h15H,3-14,17H2,1-2H3. The van der Waals surface area contributed by atoms with Crippen molar-refractivity contribution in [2.75, 3.05) is 79.5 Å². The van der Waals surface area contributed by atoms with Crippen molar-refractivity contribution in [1.82, 2.24) is 19.6 Å². The van der Waals surface area contributed by atoms with Crippen LogP contribution >= 0.6 is 0 Å². The molecule has 0 aliphatic carbocycles. The van der Waals surface area contributed by atoms with Crippen LogP contribution in [0.2, 0.25) is 0 Å². The average molecular weight is 295 g/mol. The Labute approximate surface area is 130 Å². The highest BCUT2D eigenvalue weighted by Crippen LogP contribution is 2.39. The number of hydrogen-bond acceptors (Lipinski definition) is 5. The fourth-order valence-corrected chi connectivity index (χ4v) is 4.60. The number of nitrogens with zero attached hydrogens (tertiary/aromatic N) is 4. The molecule has 5 heteroatoms. The molecule has 0 aromatic rings. The Kier molecular flexibility index (Phi) is 4.86. The summed E-state index contributed by atoms with van der Waals surface area (Å²) in [5.41, 5.74) is 6.61. The number of piperazine rings is 1. The molecular formula is C16H33N5. The van der Waals surface area contributed by atoms with Gasteiger partial charge in [-0.3, -0.25) is 9.80 Å². The summed E-state index contributed by atoms with van der Waals surface area (Å²) in [5.74, 6) is 0.810. The molecule has 122 valence electrons. The third-order valence-corrected chi connectivity index (χ3v) is 6.11. The topological polar surface area (TPSA) is 39.0 Å². The molecule has 3 heterocycles. The fourth-order valence-electron chi connectivity index (χ4n) is 4.60. The van der Waals surface area contributed by atoms with Crippen LogP contribution in [0, 0.1) is 5.92 Å². The second-order valence-electron chi connectivity index (χ2n) is 7.48. The van der Waals surface area contributed by atoms with Gasteiger partial charge in [-0.1, -0.05) is 0 Å². The molecule has 3 atom stereocenters. The molecule has 2 N–H and O–H groups in total. The molecule has 3 unspecified atom stereocenters. The minimum atomic E-state index is 0.306. The molecule has 0 amide bonds. The van der Waals surface area contributed by atoms with Crippen molar-refractivity contribution in [2.45, 2.75) is 18.4 Å².